The highest BCUT2D eigenvalue weighted by atomic mass is 16.3. The quantitative estimate of drug-likeness (QED) is 0.914. The van der Waals surface area contributed by atoms with Gasteiger partial charge in [-0.15, -0.1) is 0 Å². The number of furan rings is 1. The molecule has 1 N–H and O–H groups in total. The highest BCUT2D eigenvalue weighted by Crippen LogP contribution is 2.23. The van der Waals surface area contributed by atoms with Crippen molar-refractivity contribution in [1.82, 2.24) is 5.32 Å². The number of amides is 1. The molecule has 0 spiro atoms. The molecule has 0 atom stereocenters. The molecule has 0 aliphatic heterocycles. The van der Waals surface area contributed by atoms with Crippen LogP contribution in [0.15, 0.2) is 47.1 Å². The smallest absolute Gasteiger partial charge is 0.230 e. The minimum absolute atomic E-state index is 0.00671. The van der Waals surface area contributed by atoms with Crippen LogP contribution < -0.4 is 5.32 Å². The summed E-state index contributed by atoms with van der Waals surface area (Å²) in [5, 5.41) is 2.91. The first kappa shape index (κ1) is 13.4. The van der Waals surface area contributed by atoms with Gasteiger partial charge in [0.25, 0.3) is 0 Å². The van der Waals surface area contributed by atoms with Crippen molar-refractivity contribution < 1.29 is 9.21 Å². The molecule has 0 radical (unpaired) electrons. The number of rotatable bonds is 4. The van der Waals surface area contributed by atoms with Crippen molar-refractivity contribution in [3.05, 3.63) is 59.5 Å². The normalized spacial score (nSPS) is 11.3. The molecule has 19 heavy (non-hydrogen) atoms. The molecular formula is C16H19NO2. The van der Waals surface area contributed by atoms with E-state index in [4.69, 9.17) is 4.42 Å². The van der Waals surface area contributed by atoms with E-state index in [2.05, 4.69) is 5.32 Å². The maximum Gasteiger partial charge on any atom is 0.230 e. The first-order chi connectivity index (χ1) is 9.00. The number of nitrogens with one attached hydrogen (secondary N) is 1. The Morgan fingerprint density at radius 1 is 1.21 bits per heavy atom. The molecule has 2 rings (SSSR count). The topological polar surface area (TPSA) is 42.2 Å². The van der Waals surface area contributed by atoms with Crippen LogP contribution in [0.5, 0.6) is 0 Å². The van der Waals surface area contributed by atoms with Crippen molar-refractivity contribution in [2.24, 2.45) is 0 Å². The van der Waals surface area contributed by atoms with Crippen molar-refractivity contribution in [3.8, 4) is 0 Å². The lowest BCUT2D eigenvalue weighted by Crippen LogP contribution is -2.39. The van der Waals surface area contributed by atoms with Gasteiger partial charge in [-0.25, -0.2) is 0 Å². The molecule has 2 aromatic rings. The van der Waals surface area contributed by atoms with Gasteiger partial charge in [0.15, 0.2) is 0 Å². The largest absolute Gasteiger partial charge is 0.467 e. The summed E-state index contributed by atoms with van der Waals surface area (Å²) in [4.78, 5) is 12.3. The van der Waals surface area contributed by atoms with Crippen LogP contribution in [0.2, 0.25) is 0 Å². The average Bonchev–Trinajstić information content (AvgIpc) is 2.89. The Labute approximate surface area is 113 Å². The zero-order valence-corrected chi connectivity index (χ0v) is 11.6. The van der Waals surface area contributed by atoms with E-state index < -0.39 is 5.41 Å². The first-order valence-electron chi connectivity index (χ1n) is 6.38. The lowest BCUT2D eigenvalue weighted by atomic mass is 9.83. The van der Waals surface area contributed by atoms with Gasteiger partial charge in [-0.05, 0) is 38.5 Å². The molecule has 0 unspecified atom stereocenters. The second-order valence-electron chi connectivity index (χ2n) is 5.25. The summed E-state index contributed by atoms with van der Waals surface area (Å²) in [5.74, 6) is 0.751. The van der Waals surface area contributed by atoms with Crippen LogP contribution in [0.1, 0.15) is 30.7 Å². The monoisotopic (exact) mass is 257 g/mol. The van der Waals surface area contributed by atoms with Crippen LogP contribution in [-0.4, -0.2) is 5.91 Å². The van der Waals surface area contributed by atoms with Crippen molar-refractivity contribution >= 4 is 5.91 Å². The van der Waals surface area contributed by atoms with Gasteiger partial charge in [-0.3, -0.25) is 4.79 Å². The van der Waals surface area contributed by atoms with Gasteiger partial charge in [0.1, 0.15) is 5.76 Å². The molecule has 0 saturated carbocycles. The Morgan fingerprint density at radius 2 is 1.89 bits per heavy atom. The van der Waals surface area contributed by atoms with Gasteiger partial charge >= 0.3 is 0 Å². The molecule has 0 fully saturated rings. The molecule has 1 aromatic heterocycles. The van der Waals surface area contributed by atoms with E-state index in [1.807, 2.05) is 57.2 Å². The fraction of sp³-hybridized carbons (Fsp3) is 0.312. The minimum Gasteiger partial charge on any atom is -0.467 e. The van der Waals surface area contributed by atoms with Crippen molar-refractivity contribution in [1.29, 1.82) is 0 Å². The molecular weight excluding hydrogens is 238 g/mol. The summed E-state index contributed by atoms with van der Waals surface area (Å²) in [6, 6.07) is 11.7. The molecule has 3 heteroatoms. The zero-order valence-electron chi connectivity index (χ0n) is 11.6. The Morgan fingerprint density at radius 3 is 2.47 bits per heavy atom. The molecule has 1 amide bonds. The number of carbonyl (C=O) groups is 1. The molecule has 0 aliphatic rings. The van der Waals surface area contributed by atoms with E-state index in [1.54, 1.807) is 6.26 Å². The SMILES string of the molecule is Cc1ccc(C(C)(C)C(=O)NCc2ccco2)cc1. The van der Waals surface area contributed by atoms with Crippen molar-refractivity contribution in [3.63, 3.8) is 0 Å². The predicted octanol–water partition coefficient (Wildman–Crippen LogP) is 3.18. The van der Waals surface area contributed by atoms with Crippen LogP contribution in [0.25, 0.3) is 0 Å². The molecule has 100 valence electrons. The predicted molar refractivity (Wildman–Crippen MR) is 74.8 cm³/mol. The van der Waals surface area contributed by atoms with Gasteiger partial charge in [0, 0.05) is 0 Å². The van der Waals surface area contributed by atoms with E-state index in [-0.39, 0.29) is 5.91 Å². The summed E-state index contributed by atoms with van der Waals surface area (Å²) >= 11 is 0. The molecule has 0 aliphatic carbocycles. The molecule has 1 aromatic carbocycles. The Bertz CT molecular complexity index is 539. The summed E-state index contributed by atoms with van der Waals surface area (Å²) in [6.45, 7) is 6.30. The highest BCUT2D eigenvalue weighted by Gasteiger charge is 2.29. The van der Waals surface area contributed by atoms with Crippen LogP contribution in [-0.2, 0) is 16.8 Å². The van der Waals surface area contributed by atoms with Crippen LogP contribution in [0.3, 0.4) is 0 Å². The summed E-state index contributed by atoms with van der Waals surface area (Å²) in [5.41, 5.74) is 1.64. The number of carbonyl (C=O) groups excluding carboxylic acids is 1. The first-order valence-corrected chi connectivity index (χ1v) is 6.38. The molecule has 0 bridgehead atoms. The maximum atomic E-state index is 12.3. The Kier molecular flexibility index (Phi) is 3.74. The summed E-state index contributed by atoms with van der Waals surface area (Å²) in [6.07, 6.45) is 1.60. The average molecular weight is 257 g/mol. The van der Waals surface area contributed by atoms with Crippen LogP contribution in [0.4, 0.5) is 0 Å². The van der Waals surface area contributed by atoms with Crippen molar-refractivity contribution in [2.45, 2.75) is 32.7 Å². The molecule has 3 nitrogen and oxygen atoms in total. The lowest BCUT2D eigenvalue weighted by Gasteiger charge is -2.24. The molecule has 0 saturated heterocycles. The third-order valence-corrected chi connectivity index (χ3v) is 3.34. The minimum atomic E-state index is -0.555. The second kappa shape index (κ2) is 5.31. The third-order valence-electron chi connectivity index (χ3n) is 3.34. The van der Waals surface area contributed by atoms with Gasteiger partial charge in [-0.1, -0.05) is 29.8 Å². The van der Waals surface area contributed by atoms with Gasteiger partial charge in [0.05, 0.1) is 18.2 Å². The van der Waals surface area contributed by atoms with E-state index in [9.17, 15) is 4.79 Å². The van der Waals surface area contributed by atoms with Gasteiger partial charge < -0.3 is 9.73 Å². The lowest BCUT2D eigenvalue weighted by molar-refractivity contribution is -0.125. The fourth-order valence-corrected chi connectivity index (χ4v) is 1.90. The summed E-state index contributed by atoms with van der Waals surface area (Å²) in [7, 11) is 0. The van der Waals surface area contributed by atoms with Crippen LogP contribution in [0, 0.1) is 6.92 Å². The Hall–Kier alpha value is -2.03. The molecule has 1 heterocycles. The Balaban J connectivity index is 2.06. The number of aryl methyl sites for hydroxylation is 1. The fourth-order valence-electron chi connectivity index (χ4n) is 1.90. The zero-order chi connectivity index (χ0) is 13.9. The van der Waals surface area contributed by atoms with E-state index in [0.717, 1.165) is 11.3 Å². The number of hydrogen-bond acceptors (Lipinski definition) is 2. The standard InChI is InChI=1S/C16H19NO2/c1-12-6-8-13(9-7-12)16(2,3)15(18)17-11-14-5-4-10-19-14/h4-10H,11H2,1-3H3,(H,17,18). The van der Waals surface area contributed by atoms with E-state index in [1.165, 1.54) is 5.56 Å². The van der Waals surface area contributed by atoms with Crippen LogP contribution >= 0.6 is 0 Å². The second-order valence-corrected chi connectivity index (χ2v) is 5.25. The van der Waals surface area contributed by atoms with Crippen molar-refractivity contribution in [2.75, 3.05) is 0 Å². The summed E-state index contributed by atoms with van der Waals surface area (Å²) < 4.78 is 5.20. The number of benzene rings is 1. The third kappa shape index (κ3) is 3.05. The number of hydrogen-bond donors (Lipinski definition) is 1. The van der Waals surface area contributed by atoms with E-state index >= 15 is 0 Å². The van der Waals surface area contributed by atoms with E-state index in [0.29, 0.717) is 6.54 Å². The van der Waals surface area contributed by atoms with Gasteiger partial charge in [-0.2, -0.15) is 0 Å². The maximum absolute atomic E-state index is 12.3. The highest BCUT2D eigenvalue weighted by molar-refractivity contribution is 5.87. The van der Waals surface area contributed by atoms with Gasteiger partial charge in [0.2, 0.25) is 5.91 Å².